The Morgan fingerprint density at radius 2 is 2.09 bits per heavy atom. The first-order chi connectivity index (χ1) is 5.06. The van der Waals surface area contributed by atoms with Crippen LogP contribution in [0.25, 0.3) is 0 Å². The molecule has 0 rings (SSSR count). The summed E-state index contributed by atoms with van der Waals surface area (Å²) < 4.78 is 0. The molecule has 5 heteroatoms. The van der Waals surface area contributed by atoms with Crippen LogP contribution in [0.5, 0.6) is 0 Å². The number of rotatable bonds is 6. The van der Waals surface area contributed by atoms with Gasteiger partial charge < -0.3 is 20.8 Å². The number of hydrogen-bond donors (Lipinski definition) is 4. The Labute approximate surface area is 65.4 Å². The van der Waals surface area contributed by atoms with Gasteiger partial charge in [-0.25, -0.2) is 0 Å². The lowest BCUT2D eigenvalue weighted by Crippen LogP contribution is -2.39. The van der Waals surface area contributed by atoms with Crippen molar-refractivity contribution in [1.82, 2.24) is 10.6 Å². The molecule has 4 N–H and O–H groups in total. The number of amides is 1. The monoisotopic (exact) mass is 162 g/mol. The number of carbonyl (C=O) groups is 1. The third kappa shape index (κ3) is 9.35. The van der Waals surface area contributed by atoms with E-state index in [0.717, 1.165) is 0 Å². The predicted molar refractivity (Wildman–Crippen MR) is 39.8 cm³/mol. The molecule has 0 aliphatic heterocycles. The van der Waals surface area contributed by atoms with Crippen LogP contribution >= 0.6 is 0 Å². The zero-order chi connectivity index (χ0) is 8.74. The van der Waals surface area contributed by atoms with E-state index in [1.54, 1.807) is 0 Å². The van der Waals surface area contributed by atoms with Crippen molar-refractivity contribution >= 4 is 6.41 Å². The van der Waals surface area contributed by atoms with Crippen molar-refractivity contribution in [1.29, 1.82) is 0 Å². The van der Waals surface area contributed by atoms with Crippen LogP contribution in [0.15, 0.2) is 0 Å². The summed E-state index contributed by atoms with van der Waals surface area (Å²) in [4.78, 5) is 9.73. The smallest absolute Gasteiger partial charge is 0.207 e. The van der Waals surface area contributed by atoms with Crippen molar-refractivity contribution in [3.63, 3.8) is 0 Å². The summed E-state index contributed by atoms with van der Waals surface area (Å²) in [5.74, 6) is -1.68. The van der Waals surface area contributed by atoms with Gasteiger partial charge >= 0.3 is 0 Å². The van der Waals surface area contributed by atoms with Crippen LogP contribution < -0.4 is 10.6 Å². The van der Waals surface area contributed by atoms with Crippen LogP contribution in [0.1, 0.15) is 6.92 Å². The fourth-order valence-electron chi connectivity index (χ4n) is 0.545. The van der Waals surface area contributed by atoms with Gasteiger partial charge in [-0.15, -0.1) is 0 Å². The Balaban J connectivity index is 3.08. The first kappa shape index (κ1) is 10.3. The van der Waals surface area contributed by atoms with Gasteiger partial charge in [-0.3, -0.25) is 4.79 Å². The summed E-state index contributed by atoms with van der Waals surface area (Å²) in [6.07, 6.45) is 0.596. The predicted octanol–water partition coefficient (Wildman–Crippen LogP) is -1.98. The molecule has 0 fully saturated rings. The first-order valence-electron chi connectivity index (χ1n) is 3.39. The van der Waals surface area contributed by atoms with Crippen molar-refractivity contribution in [2.45, 2.75) is 12.7 Å². The second-order valence-corrected chi connectivity index (χ2v) is 2.47. The summed E-state index contributed by atoms with van der Waals surface area (Å²) in [5, 5.41) is 22.7. The number of carbonyl (C=O) groups excluding carboxylic acids is 1. The van der Waals surface area contributed by atoms with Crippen LogP contribution in [0.2, 0.25) is 0 Å². The Morgan fingerprint density at radius 3 is 2.55 bits per heavy atom. The van der Waals surface area contributed by atoms with Gasteiger partial charge in [0.25, 0.3) is 0 Å². The maximum Gasteiger partial charge on any atom is 0.207 e. The van der Waals surface area contributed by atoms with Gasteiger partial charge in [-0.1, -0.05) is 0 Å². The molecule has 5 nitrogen and oxygen atoms in total. The highest BCUT2D eigenvalue weighted by molar-refractivity contribution is 5.45. The molecule has 0 saturated heterocycles. The zero-order valence-corrected chi connectivity index (χ0v) is 6.50. The van der Waals surface area contributed by atoms with Gasteiger partial charge in [0.05, 0.1) is 0 Å². The summed E-state index contributed by atoms with van der Waals surface area (Å²) in [5.41, 5.74) is 0. The fourth-order valence-corrected chi connectivity index (χ4v) is 0.545. The Kier molecular flexibility index (Phi) is 4.76. The second-order valence-electron chi connectivity index (χ2n) is 2.47. The Morgan fingerprint density at radius 1 is 1.45 bits per heavy atom. The zero-order valence-electron chi connectivity index (χ0n) is 6.50. The van der Waals surface area contributed by atoms with E-state index in [-0.39, 0.29) is 6.54 Å². The van der Waals surface area contributed by atoms with Crippen molar-refractivity contribution in [2.75, 3.05) is 19.6 Å². The molecule has 0 saturated carbocycles. The van der Waals surface area contributed by atoms with Crippen LogP contribution in [-0.4, -0.2) is 42.0 Å². The molecule has 0 aromatic carbocycles. The fraction of sp³-hybridized carbons (Fsp3) is 0.833. The molecule has 0 aliphatic rings. The van der Waals surface area contributed by atoms with Crippen molar-refractivity contribution in [3.05, 3.63) is 0 Å². The van der Waals surface area contributed by atoms with Gasteiger partial charge in [-0.2, -0.15) is 0 Å². The second kappa shape index (κ2) is 5.06. The largest absolute Gasteiger partial charge is 0.365 e. The summed E-state index contributed by atoms with van der Waals surface area (Å²) in [6.45, 7) is 2.38. The van der Waals surface area contributed by atoms with E-state index in [4.69, 9.17) is 10.2 Å². The average molecular weight is 162 g/mol. The van der Waals surface area contributed by atoms with Crippen molar-refractivity contribution < 1.29 is 15.0 Å². The van der Waals surface area contributed by atoms with Crippen molar-refractivity contribution in [2.24, 2.45) is 0 Å². The highest BCUT2D eigenvalue weighted by Crippen LogP contribution is 1.91. The van der Waals surface area contributed by atoms with Crippen molar-refractivity contribution in [3.8, 4) is 0 Å². The molecule has 66 valence electrons. The van der Waals surface area contributed by atoms with Crippen LogP contribution in [0.3, 0.4) is 0 Å². The highest BCUT2D eigenvalue weighted by atomic mass is 16.5. The normalized spacial score (nSPS) is 11.2. The molecule has 0 spiro atoms. The van der Waals surface area contributed by atoms with E-state index >= 15 is 0 Å². The lowest BCUT2D eigenvalue weighted by atomic mass is 10.3. The first-order valence-corrected chi connectivity index (χ1v) is 3.39. The average Bonchev–Trinajstić information content (AvgIpc) is 1.85. The van der Waals surface area contributed by atoms with E-state index in [0.29, 0.717) is 19.5 Å². The number of nitrogens with one attached hydrogen (secondary N) is 2. The van der Waals surface area contributed by atoms with Crippen LogP contribution in [-0.2, 0) is 4.79 Å². The molecule has 0 atom stereocenters. The Hall–Kier alpha value is -0.650. The third-order valence-corrected chi connectivity index (χ3v) is 0.989. The van der Waals surface area contributed by atoms with Crippen LogP contribution in [0.4, 0.5) is 0 Å². The number of hydrogen-bond acceptors (Lipinski definition) is 4. The standard InChI is InChI=1S/C6H14N2O3/c1-6(10,11)4-7-2-3-8-5-9/h5,7,10-11H,2-4H2,1H3,(H,8,9). The van der Waals surface area contributed by atoms with E-state index in [1.807, 2.05) is 0 Å². The molecule has 0 aromatic rings. The summed E-state index contributed by atoms with van der Waals surface area (Å²) in [6, 6.07) is 0. The summed E-state index contributed by atoms with van der Waals surface area (Å²) >= 11 is 0. The Bertz CT molecular complexity index is 111. The third-order valence-electron chi connectivity index (χ3n) is 0.989. The lowest BCUT2D eigenvalue weighted by molar-refractivity contribution is -0.140. The highest BCUT2D eigenvalue weighted by Gasteiger charge is 2.12. The molecular weight excluding hydrogens is 148 g/mol. The summed E-state index contributed by atoms with van der Waals surface area (Å²) in [7, 11) is 0. The van der Waals surface area contributed by atoms with E-state index in [1.165, 1.54) is 6.92 Å². The lowest BCUT2D eigenvalue weighted by Gasteiger charge is -2.15. The SMILES string of the molecule is CC(O)(O)CNCCNC=O. The molecular formula is C6H14N2O3. The molecule has 0 aliphatic carbocycles. The maximum absolute atomic E-state index is 9.73. The minimum absolute atomic E-state index is 0.0908. The van der Waals surface area contributed by atoms with Gasteiger partial charge in [0.2, 0.25) is 6.41 Å². The van der Waals surface area contributed by atoms with Gasteiger partial charge in [-0.05, 0) is 6.92 Å². The quantitative estimate of drug-likeness (QED) is 0.207. The van der Waals surface area contributed by atoms with Crippen LogP contribution in [0, 0.1) is 0 Å². The van der Waals surface area contributed by atoms with E-state index in [9.17, 15) is 4.79 Å². The van der Waals surface area contributed by atoms with Gasteiger partial charge in [0.1, 0.15) is 0 Å². The molecule has 0 bridgehead atoms. The molecule has 11 heavy (non-hydrogen) atoms. The van der Waals surface area contributed by atoms with Gasteiger partial charge in [0.15, 0.2) is 5.79 Å². The number of aliphatic hydroxyl groups is 2. The minimum atomic E-state index is -1.68. The van der Waals surface area contributed by atoms with E-state index in [2.05, 4.69) is 10.6 Å². The maximum atomic E-state index is 9.73. The minimum Gasteiger partial charge on any atom is -0.365 e. The topological polar surface area (TPSA) is 81.6 Å². The molecule has 0 unspecified atom stereocenters. The van der Waals surface area contributed by atoms with E-state index < -0.39 is 5.79 Å². The molecule has 0 heterocycles. The molecule has 0 aromatic heterocycles. The molecule has 1 amide bonds. The van der Waals surface area contributed by atoms with Gasteiger partial charge in [0, 0.05) is 19.6 Å². The molecule has 0 radical (unpaired) electrons.